The summed E-state index contributed by atoms with van der Waals surface area (Å²) in [6.45, 7) is 0. The van der Waals surface area contributed by atoms with Crippen molar-refractivity contribution in [3.05, 3.63) is 47.0 Å². The van der Waals surface area contributed by atoms with Crippen LogP contribution in [0.1, 0.15) is 11.6 Å². The Bertz CT molecular complexity index is 568. The lowest BCUT2D eigenvalue weighted by Gasteiger charge is -2.10. The van der Waals surface area contributed by atoms with Gasteiger partial charge in [0.2, 0.25) is 6.41 Å². The first-order valence-electron chi connectivity index (χ1n) is 5.09. The van der Waals surface area contributed by atoms with E-state index in [1.807, 2.05) is 24.3 Å². The van der Waals surface area contributed by atoms with Crippen LogP contribution in [0, 0.1) is 0 Å². The fourth-order valence-corrected chi connectivity index (χ4v) is 1.90. The highest BCUT2D eigenvalue weighted by Crippen LogP contribution is 2.22. The van der Waals surface area contributed by atoms with E-state index in [4.69, 9.17) is 11.6 Å². The summed E-state index contributed by atoms with van der Waals surface area (Å²) in [6.07, 6.45) is 1.22. The predicted octanol–water partition coefficient (Wildman–Crippen LogP) is 2.48. The zero-order chi connectivity index (χ0) is 12.3. The molecule has 0 saturated heterocycles. The van der Waals surface area contributed by atoms with E-state index in [1.165, 1.54) is 0 Å². The second kappa shape index (κ2) is 4.97. The van der Waals surface area contributed by atoms with E-state index < -0.39 is 6.04 Å². The Balaban J connectivity index is 2.46. The van der Waals surface area contributed by atoms with Crippen LogP contribution in [-0.4, -0.2) is 12.7 Å². The normalized spacial score (nSPS) is 12.1. The first kappa shape index (κ1) is 11.6. The van der Waals surface area contributed by atoms with Crippen molar-refractivity contribution in [3.63, 3.8) is 0 Å². The van der Waals surface area contributed by atoms with E-state index in [0.717, 1.165) is 16.3 Å². The largest absolute Gasteiger partial charge is 0.345 e. The van der Waals surface area contributed by atoms with E-state index in [1.54, 1.807) is 12.1 Å². The molecule has 1 amide bonds. The fraction of sp³-hybridized carbons (Fsp3) is 0.0769. The summed E-state index contributed by atoms with van der Waals surface area (Å²) in [5, 5.41) is 5.10. The highest BCUT2D eigenvalue weighted by atomic mass is 35.5. The van der Waals surface area contributed by atoms with Gasteiger partial charge in [0.15, 0.2) is 0 Å². The Labute approximate surface area is 103 Å². The number of amides is 1. The third-order valence-electron chi connectivity index (χ3n) is 2.57. The zero-order valence-electron chi connectivity index (χ0n) is 8.89. The summed E-state index contributed by atoms with van der Waals surface area (Å²) in [6, 6.07) is 10.5. The van der Waals surface area contributed by atoms with Gasteiger partial charge in [-0.1, -0.05) is 29.8 Å². The minimum Gasteiger partial charge on any atom is -0.345 e. The second-order valence-corrected chi connectivity index (χ2v) is 4.09. The van der Waals surface area contributed by atoms with E-state index in [-0.39, 0.29) is 0 Å². The highest BCUT2D eigenvalue weighted by Gasteiger charge is 2.09. The molecule has 2 rings (SSSR count). The van der Waals surface area contributed by atoms with Gasteiger partial charge < -0.3 is 10.1 Å². The molecule has 2 aromatic rings. The fourth-order valence-electron chi connectivity index (χ4n) is 1.72. The minimum atomic E-state index is -0.604. The molecule has 0 aliphatic heterocycles. The first-order valence-corrected chi connectivity index (χ1v) is 5.46. The lowest BCUT2D eigenvalue weighted by Crippen LogP contribution is -2.20. The summed E-state index contributed by atoms with van der Waals surface area (Å²) in [4.78, 5) is 21.2. The molecular formula is C13H10ClNO2. The van der Waals surface area contributed by atoms with E-state index >= 15 is 0 Å². The van der Waals surface area contributed by atoms with Gasteiger partial charge in [-0.05, 0) is 34.5 Å². The van der Waals surface area contributed by atoms with E-state index in [2.05, 4.69) is 5.32 Å². The number of carbonyl (C=O) groups is 2. The van der Waals surface area contributed by atoms with Gasteiger partial charge in [0.25, 0.3) is 0 Å². The van der Waals surface area contributed by atoms with Crippen molar-refractivity contribution in [3.8, 4) is 0 Å². The van der Waals surface area contributed by atoms with Crippen LogP contribution in [0.4, 0.5) is 0 Å². The van der Waals surface area contributed by atoms with Gasteiger partial charge in [0.1, 0.15) is 12.3 Å². The Morgan fingerprint density at radius 1 is 1.06 bits per heavy atom. The number of benzene rings is 2. The topological polar surface area (TPSA) is 46.2 Å². The Morgan fingerprint density at radius 3 is 2.47 bits per heavy atom. The lowest BCUT2D eigenvalue weighted by atomic mass is 10.0. The molecule has 17 heavy (non-hydrogen) atoms. The van der Waals surface area contributed by atoms with Crippen molar-refractivity contribution in [2.24, 2.45) is 0 Å². The molecule has 0 aliphatic carbocycles. The molecule has 86 valence electrons. The molecule has 0 spiro atoms. The molecule has 0 radical (unpaired) electrons. The molecule has 2 aromatic carbocycles. The number of nitrogens with one attached hydrogen (secondary N) is 1. The van der Waals surface area contributed by atoms with Gasteiger partial charge in [-0.15, -0.1) is 0 Å². The number of carbonyl (C=O) groups excluding carboxylic acids is 2. The maximum atomic E-state index is 10.8. The smallest absolute Gasteiger partial charge is 0.207 e. The molecular weight excluding hydrogens is 238 g/mol. The summed E-state index contributed by atoms with van der Waals surface area (Å²) in [5.74, 6) is 0. The van der Waals surface area contributed by atoms with Crippen LogP contribution in [0.25, 0.3) is 10.8 Å². The van der Waals surface area contributed by atoms with Crippen molar-refractivity contribution in [2.75, 3.05) is 0 Å². The molecule has 0 fully saturated rings. The first-order chi connectivity index (χ1) is 8.24. The molecule has 0 heterocycles. The van der Waals surface area contributed by atoms with E-state index in [0.29, 0.717) is 17.7 Å². The highest BCUT2D eigenvalue weighted by molar-refractivity contribution is 6.31. The summed E-state index contributed by atoms with van der Waals surface area (Å²) >= 11 is 5.88. The van der Waals surface area contributed by atoms with Crippen LogP contribution in [0.15, 0.2) is 36.4 Å². The zero-order valence-corrected chi connectivity index (χ0v) is 9.65. The SMILES string of the molecule is O=CNC(C=O)c1ccc2cc(Cl)ccc2c1. The average Bonchev–Trinajstić information content (AvgIpc) is 2.35. The van der Waals surface area contributed by atoms with Crippen molar-refractivity contribution >= 4 is 35.1 Å². The maximum absolute atomic E-state index is 10.8. The van der Waals surface area contributed by atoms with Crippen LogP contribution in [0.2, 0.25) is 5.02 Å². The van der Waals surface area contributed by atoms with Gasteiger partial charge in [-0.2, -0.15) is 0 Å². The number of aldehydes is 1. The molecule has 1 N–H and O–H groups in total. The Hall–Kier alpha value is -1.87. The average molecular weight is 248 g/mol. The monoisotopic (exact) mass is 247 g/mol. The van der Waals surface area contributed by atoms with Gasteiger partial charge in [-0.3, -0.25) is 4.79 Å². The van der Waals surface area contributed by atoms with Gasteiger partial charge in [-0.25, -0.2) is 0 Å². The molecule has 0 aromatic heterocycles. The summed E-state index contributed by atoms with van der Waals surface area (Å²) in [5.41, 5.74) is 0.752. The minimum absolute atomic E-state index is 0.519. The molecule has 1 unspecified atom stereocenters. The number of hydrogen-bond donors (Lipinski definition) is 1. The lowest BCUT2D eigenvalue weighted by molar-refractivity contribution is -0.115. The summed E-state index contributed by atoms with van der Waals surface area (Å²) < 4.78 is 0. The quantitative estimate of drug-likeness (QED) is 0.844. The number of fused-ring (bicyclic) bond motifs is 1. The van der Waals surface area contributed by atoms with Crippen LogP contribution >= 0.6 is 11.6 Å². The van der Waals surface area contributed by atoms with Crippen LogP contribution < -0.4 is 5.32 Å². The van der Waals surface area contributed by atoms with Crippen molar-refractivity contribution in [1.29, 1.82) is 0 Å². The van der Waals surface area contributed by atoms with Gasteiger partial charge in [0.05, 0.1) is 0 Å². The molecule has 0 aliphatic rings. The number of hydrogen-bond acceptors (Lipinski definition) is 2. The van der Waals surface area contributed by atoms with Crippen LogP contribution in [-0.2, 0) is 9.59 Å². The standard InChI is InChI=1S/C13H10ClNO2/c14-12-4-3-9-5-11(2-1-10(9)6-12)13(7-16)15-8-17/h1-8,13H,(H,15,17). The van der Waals surface area contributed by atoms with Gasteiger partial charge >= 0.3 is 0 Å². The van der Waals surface area contributed by atoms with Crippen LogP contribution in [0.3, 0.4) is 0 Å². The third-order valence-corrected chi connectivity index (χ3v) is 2.80. The molecule has 3 nitrogen and oxygen atoms in total. The molecule has 0 saturated carbocycles. The van der Waals surface area contributed by atoms with Gasteiger partial charge in [0, 0.05) is 5.02 Å². The number of halogens is 1. The Morgan fingerprint density at radius 2 is 1.76 bits per heavy atom. The molecule has 4 heteroatoms. The number of rotatable bonds is 4. The summed E-state index contributed by atoms with van der Waals surface area (Å²) in [7, 11) is 0. The Kier molecular flexibility index (Phi) is 3.40. The maximum Gasteiger partial charge on any atom is 0.207 e. The third kappa shape index (κ3) is 2.45. The molecule has 1 atom stereocenters. The molecule has 0 bridgehead atoms. The second-order valence-electron chi connectivity index (χ2n) is 3.65. The predicted molar refractivity (Wildman–Crippen MR) is 67.0 cm³/mol. The van der Waals surface area contributed by atoms with Crippen molar-refractivity contribution < 1.29 is 9.59 Å². The van der Waals surface area contributed by atoms with E-state index in [9.17, 15) is 9.59 Å². The van der Waals surface area contributed by atoms with Crippen molar-refractivity contribution in [2.45, 2.75) is 6.04 Å². The van der Waals surface area contributed by atoms with Crippen molar-refractivity contribution in [1.82, 2.24) is 5.32 Å². The van der Waals surface area contributed by atoms with Crippen LogP contribution in [0.5, 0.6) is 0 Å².